The van der Waals surface area contributed by atoms with Gasteiger partial charge < -0.3 is 5.73 Å². The van der Waals surface area contributed by atoms with Gasteiger partial charge in [-0.2, -0.15) is 0 Å². The lowest BCUT2D eigenvalue weighted by Gasteiger charge is -2.06. The van der Waals surface area contributed by atoms with E-state index in [1.165, 1.54) is 0 Å². The first-order valence-corrected chi connectivity index (χ1v) is 4.83. The maximum atomic E-state index is 12.3. The zero-order valence-corrected chi connectivity index (χ0v) is 9.51. The Kier molecular flexibility index (Phi) is 3.59. The molecule has 0 unspecified atom stereocenters. The van der Waals surface area contributed by atoms with Crippen LogP contribution in [0, 0.1) is 3.70 Å². The van der Waals surface area contributed by atoms with Gasteiger partial charge in [0, 0.05) is 0 Å². The number of alkyl halides is 2. The summed E-state index contributed by atoms with van der Waals surface area (Å²) in [4.78, 5) is 14.4. The third-order valence-electron chi connectivity index (χ3n) is 1.48. The molecule has 1 rings (SSSR count). The van der Waals surface area contributed by atoms with Crippen LogP contribution in [0.4, 0.5) is 14.6 Å². The number of pyridine rings is 1. The van der Waals surface area contributed by atoms with Gasteiger partial charge in [-0.05, 0) is 40.3 Å². The summed E-state index contributed by atoms with van der Waals surface area (Å²) in [6.45, 7) is 0. The van der Waals surface area contributed by atoms with Crippen molar-refractivity contribution in [3.63, 3.8) is 0 Å². The van der Waals surface area contributed by atoms with Gasteiger partial charge in [0.2, 0.25) is 0 Å². The quantitative estimate of drug-likeness (QED) is 0.514. The Hall–Kier alpha value is -0.500. The third-order valence-corrected chi connectivity index (χ3v) is 2.51. The molecule has 0 amide bonds. The molecule has 0 aliphatic carbocycles. The zero-order valence-electron chi connectivity index (χ0n) is 6.60. The summed E-state index contributed by atoms with van der Waals surface area (Å²) < 4.78 is 24.9. The number of nitrogens with two attached hydrogens (primary N) is 1. The molecular formula is C7H4ClF2IN2O. The number of aromatic nitrogens is 1. The van der Waals surface area contributed by atoms with Crippen molar-refractivity contribution in [1.82, 2.24) is 4.98 Å². The van der Waals surface area contributed by atoms with Crippen molar-refractivity contribution >= 4 is 45.3 Å². The van der Waals surface area contributed by atoms with Crippen LogP contribution in [-0.4, -0.2) is 10.2 Å². The fourth-order valence-corrected chi connectivity index (χ4v) is 1.80. The van der Waals surface area contributed by atoms with E-state index in [2.05, 4.69) is 4.98 Å². The van der Waals surface area contributed by atoms with Crippen molar-refractivity contribution in [2.24, 2.45) is 0 Å². The number of carbonyl (C=O) groups is 1. The number of nitrogens with zero attached hydrogens (tertiary/aromatic N) is 1. The predicted molar refractivity (Wildman–Crippen MR) is 56.5 cm³/mol. The van der Waals surface area contributed by atoms with Crippen LogP contribution < -0.4 is 5.73 Å². The Bertz CT molecular complexity index is 386. The van der Waals surface area contributed by atoms with Crippen LogP contribution >= 0.6 is 34.2 Å². The second kappa shape index (κ2) is 4.35. The van der Waals surface area contributed by atoms with Crippen LogP contribution in [0.1, 0.15) is 22.3 Å². The molecule has 0 bridgehead atoms. The highest BCUT2D eigenvalue weighted by Gasteiger charge is 2.18. The van der Waals surface area contributed by atoms with Crippen LogP contribution in [0.2, 0.25) is 0 Å². The highest BCUT2D eigenvalue weighted by Crippen LogP contribution is 2.27. The monoisotopic (exact) mass is 332 g/mol. The van der Waals surface area contributed by atoms with E-state index in [0.29, 0.717) is 0 Å². The molecule has 0 fully saturated rings. The molecule has 0 saturated carbocycles. The third kappa shape index (κ3) is 2.30. The second-order valence-electron chi connectivity index (χ2n) is 2.38. The number of halogens is 4. The molecule has 0 radical (unpaired) electrons. The van der Waals surface area contributed by atoms with Crippen molar-refractivity contribution in [3.05, 3.63) is 20.9 Å². The maximum Gasteiger partial charge on any atom is 0.267 e. The van der Waals surface area contributed by atoms with E-state index in [0.717, 1.165) is 6.07 Å². The fourth-order valence-electron chi connectivity index (χ4n) is 0.832. The lowest BCUT2D eigenvalue weighted by atomic mass is 10.2. The molecule has 2 N–H and O–H groups in total. The van der Waals surface area contributed by atoms with Crippen molar-refractivity contribution in [2.45, 2.75) is 6.43 Å². The fraction of sp³-hybridized carbons (Fsp3) is 0.143. The Morgan fingerprint density at radius 2 is 2.21 bits per heavy atom. The van der Waals surface area contributed by atoms with Gasteiger partial charge in [-0.15, -0.1) is 0 Å². The molecule has 0 atom stereocenters. The van der Waals surface area contributed by atoms with Crippen LogP contribution in [0.3, 0.4) is 0 Å². The van der Waals surface area contributed by atoms with Crippen molar-refractivity contribution in [3.8, 4) is 0 Å². The molecule has 76 valence electrons. The summed E-state index contributed by atoms with van der Waals surface area (Å²) in [6, 6.07) is 0.962. The first-order valence-electron chi connectivity index (χ1n) is 3.37. The number of anilines is 1. The van der Waals surface area contributed by atoms with Crippen LogP contribution in [0.15, 0.2) is 6.07 Å². The van der Waals surface area contributed by atoms with Gasteiger partial charge in [-0.3, -0.25) is 4.79 Å². The molecule has 1 aromatic rings. The standard InChI is InChI=1S/C7H4ClF2IN2O/c8-4(14)2-1-3(5(9)10)7(12)13-6(2)11/h1,5H,(H2,12,13). The van der Waals surface area contributed by atoms with Crippen molar-refractivity contribution in [2.75, 3.05) is 5.73 Å². The second-order valence-corrected chi connectivity index (χ2v) is 3.74. The molecular weight excluding hydrogens is 328 g/mol. The highest BCUT2D eigenvalue weighted by atomic mass is 127. The zero-order chi connectivity index (χ0) is 10.9. The maximum absolute atomic E-state index is 12.3. The molecule has 0 aliphatic heterocycles. The van der Waals surface area contributed by atoms with Crippen LogP contribution in [-0.2, 0) is 0 Å². The topological polar surface area (TPSA) is 56.0 Å². The SMILES string of the molecule is Nc1nc(I)c(C(=O)Cl)cc1C(F)F. The molecule has 0 aromatic carbocycles. The summed E-state index contributed by atoms with van der Waals surface area (Å²) in [5.74, 6) is -0.286. The molecule has 0 aliphatic rings. The summed E-state index contributed by atoms with van der Waals surface area (Å²) in [7, 11) is 0. The Balaban J connectivity index is 3.34. The Morgan fingerprint density at radius 1 is 1.64 bits per heavy atom. The van der Waals surface area contributed by atoms with Gasteiger partial charge in [0.05, 0.1) is 11.1 Å². The van der Waals surface area contributed by atoms with Gasteiger partial charge >= 0.3 is 0 Å². The lowest BCUT2D eigenvalue weighted by molar-refractivity contribution is 0.107. The van der Waals surface area contributed by atoms with Crippen LogP contribution in [0.25, 0.3) is 0 Å². The smallest absolute Gasteiger partial charge is 0.267 e. The minimum absolute atomic E-state index is 0.0585. The molecule has 3 nitrogen and oxygen atoms in total. The normalized spacial score (nSPS) is 10.6. The average molecular weight is 332 g/mol. The number of hydrogen-bond acceptors (Lipinski definition) is 3. The number of hydrogen-bond donors (Lipinski definition) is 1. The average Bonchev–Trinajstić information content (AvgIpc) is 2.02. The molecule has 14 heavy (non-hydrogen) atoms. The number of rotatable bonds is 2. The van der Waals surface area contributed by atoms with Crippen molar-refractivity contribution in [1.29, 1.82) is 0 Å². The van der Waals surface area contributed by atoms with Gasteiger partial charge in [-0.1, -0.05) is 0 Å². The van der Waals surface area contributed by atoms with E-state index < -0.39 is 17.2 Å². The molecule has 1 aromatic heterocycles. The van der Waals surface area contributed by atoms with Gasteiger partial charge in [-0.25, -0.2) is 13.8 Å². The summed E-state index contributed by atoms with van der Waals surface area (Å²) in [6.07, 6.45) is -2.77. The molecule has 0 saturated heterocycles. The van der Waals surface area contributed by atoms with E-state index in [-0.39, 0.29) is 15.1 Å². The minimum Gasteiger partial charge on any atom is -0.383 e. The lowest BCUT2D eigenvalue weighted by Crippen LogP contribution is -2.05. The summed E-state index contributed by atoms with van der Waals surface area (Å²) >= 11 is 6.87. The van der Waals surface area contributed by atoms with E-state index in [1.807, 2.05) is 0 Å². The summed E-state index contributed by atoms with van der Waals surface area (Å²) in [5, 5.41) is -0.830. The van der Waals surface area contributed by atoms with Gasteiger partial charge in [0.1, 0.15) is 9.52 Å². The van der Waals surface area contributed by atoms with E-state index in [4.69, 9.17) is 17.3 Å². The Morgan fingerprint density at radius 3 is 2.64 bits per heavy atom. The van der Waals surface area contributed by atoms with E-state index in [9.17, 15) is 13.6 Å². The molecule has 7 heteroatoms. The highest BCUT2D eigenvalue weighted by molar-refractivity contribution is 14.1. The van der Waals surface area contributed by atoms with Gasteiger partial charge in [0.25, 0.3) is 11.7 Å². The van der Waals surface area contributed by atoms with Crippen molar-refractivity contribution < 1.29 is 13.6 Å². The predicted octanol–water partition coefficient (Wildman–Crippen LogP) is 2.58. The van der Waals surface area contributed by atoms with Gasteiger partial charge in [0.15, 0.2) is 0 Å². The largest absolute Gasteiger partial charge is 0.383 e. The minimum atomic E-state index is -2.77. The van der Waals surface area contributed by atoms with E-state index in [1.54, 1.807) is 22.6 Å². The number of carbonyl (C=O) groups excluding carboxylic acids is 1. The first kappa shape index (κ1) is 11.6. The van der Waals surface area contributed by atoms with Crippen LogP contribution in [0.5, 0.6) is 0 Å². The molecule has 1 heterocycles. The van der Waals surface area contributed by atoms with E-state index >= 15 is 0 Å². The molecule has 0 spiro atoms. The number of nitrogen functional groups attached to an aromatic ring is 1. The Labute approximate surface area is 96.8 Å². The summed E-state index contributed by atoms with van der Waals surface area (Å²) in [5.41, 5.74) is 4.71. The first-order chi connectivity index (χ1) is 6.43.